The van der Waals surface area contributed by atoms with Crippen LogP contribution in [0.5, 0.6) is 0 Å². The molecule has 1 atom stereocenters. The van der Waals surface area contributed by atoms with Crippen LogP contribution in [0.2, 0.25) is 0 Å². The van der Waals surface area contributed by atoms with Crippen LogP contribution in [-0.4, -0.2) is 31.5 Å². The van der Waals surface area contributed by atoms with Gasteiger partial charge >= 0.3 is 0 Å². The van der Waals surface area contributed by atoms with E-state index in [1.54, 1.807) is 18.9 Å². The molecule has 102 valence electrons. The Morgan fingerprint density at radius 1 is 1.37 bits per heavy atom. The van der Waals surface area contributed by atoms with Gasteiger partial charge in [-0.05, 0) is 13.0 Å². The van der Waals surface area contributed by atoms with Crippen LogP contribution in [-0.2, 0) is 20.9 Å². The Morgan fingerprint density at radius 3 is 2.84 bits per heavy atom. The van der Waals surface area contributed by atoms with Crippen molar-refractivity contribution in [3.63, 3.8) is 0 Å². The summed E-state index contributed by atoms with van der Waals surface area (Å²) < 4.78 is 5.15. The minimum atomic E-state index is -0.495. The van der Waals surface area contributed by atoms with Gasteiger partial charge in [-0.25, -0.2) is 0 Å². The number of benzene rings is 1. The van der Waals surface area contributed by atoms with Gasteiger partial charge < -0.3 is 15.0 Å². The number of nitrogens with one attached hydrogen (secondary N) is 1. The lowest BCUT2D eigenvalue weighted by Crippen LogP contribution is -2.43. The van der Waals surface area contributed by atoms with Crippen molar-refractivity contribution in [2.75, 3.05) is 18.6 Å². The molecule has 1 aliphatic heterocycles. The van der Waals surface area contributed by atoms with E-state index in [1.165, 1.54) is 0 Å². The third kappa shape index (κ3) is 2.93. The minimum absolute atomic E-state index is 0.0885. The molecular weight excluding hydrogens is 244 g/mol. The SMILES string of the molecule is COCc1ccccc1N1CCC(=O)NC(C)C1=O. The fourth-order valence-corrected chi connectivity index (χ4v) is 2.22. The molecule has 5 nitrogen and oxygen atoms in total. The quantitative estimate of drug-likeness (QED) is 0.886. The smallest absolute Gasteiger partial charge is 0.249 e. The fraction of sp³-hybridized carbons (Fsp3) is 0.429. The predicted octanol–water partition coefficient (Wildman–Crippen LogP) is 1.07. The van der Waals surface area contributed by atoms with Crippen molar-refractivity contribution in [2.45, 2.75) is 26.0 Å². The summed E-state index contributed by atoms with van der Waals surface area (Å²) in [4.78, 5) is 25.5. The van der Waals surface area contributed by atoms with Gasteiger partial charge in [0.25, 0.3) is 0 Å². The molecule has 1 heterocycles. The van der Waals surface area contributed by atoms with Crippen molar-refractivity contribution < 1.29 is 14.3 Å². The van der Waals surface area contributed by atoms with Gasteiger partial charge in [-0.2, -0.15) is 0 Å². The maximum atomic E-state index is 12.3. The first-order chi connectivity index (χ1) is 9.13. The molecule has 0 aliphatic carbocycles. The number of hydrogen-bond acceptors (Lipinski definition) is 3. The molecule has 2 rings (SSSR count). The molecule has 1 aromatic rings. The standard InChI is InChI=1S/C14H18N2O3/c1-10-14(18)16(8-7-13(17)15-10)12-6-4-3-5-11(12)9-19-2/h3-6,10H,7-9H2,1-2H3,(H,15,17). The molecule has 0 aromatic heterocycles. The molecule has 1 fully saturated rings. The van der Waals surface area contributed by atoms with E-state index in [2.05, 4.69) is 5.32 Å². The molecule has 1 unspecified atom stereocenters. The van der Waals surface area contributed by atoms with Crippen LogP contribution in [0.15, 0.2) is 24.3 Å². The van der Waals surface area contributed by atoms with Gasteiger partial charge in [0.1, 0.15) is 6.04 Å². The van der Waals surface area contributed by atoms with Crippen molar-refractivity contribution in [3.05, 3.63) is 29.8 Å². The number of nitrogens with zero attached hydrogens (tertiary/aromatic N) is 1. The van der Waals surface area contributed by atoms with Crippen LogP contribution in [0.1, 0.15) is 18.9 Å². The van der Waals surface area contributed by atoms with Crippen molar-refractivity contribution in [3.8, 4) is 0 Å². The van der Waals surface area contributed by atoms with E-state index in [1.807, 2.05) is 24.3 Å². The Morgan fingerprint density at radius 2 is 2.11 bits per heavy atom. The molecule has 0 saturated carbocycles. The Balaban J connectivity index is 2.33. The number of anilines is 1. The molecule has 1 N–H and O–H groups in total. The van der Waals surface area contributed by atoms with E-state index < -0.39 is 6.04 Å². The van der Waals surface area contributed by atoms with Crippen LogP contribution < -0.4 is 10.2 Å². The first kappa shape index (κ1) is 13.5. The van der Waals surface area contributed by atoms with Crippen LogP contribution >= 0.6 is 0 Å². The average molecular weight is 262 g/mol. The van der Waals surface area contributed by atoms with E-state index in [0.29, 0.717) is 19.6 Å². The first-order valence-electron chi connectivity index (χ1n) is 6.31. The van der Waals surface area contributed by atoms with Crippen molar-refractivity contribution in [1.29, 1.82) is 0 Å². The largest absolute Gasteiger partial charge is 0.380 e. The number of para-hydroxylation sites is 1. The molecule has 19 heavy (non-hydrogen) atoms. The summed E-state index contributed by atoms with van der Waals surface area (Å²) in [6.45, 7) is 2.54. The average Bonchev–Trinajstić information content (AvgIpc) is 2.51. The fourth-order valence-electron chi connectivity index (χ4n) is 2.22. The van der Waals surface area contributed by atoms with E-state index in [0.717, 1.165) is 11.3 Å². The molecular formula is C14H18N2O3. The number of rotatable bonds is 3. The van der Waals surface area contributed by atoms with Gasteiger partial charge in [0.2, 0.25) is 11.8 Å². The predicted molar refractivity (Wildman–Crippen MR) is 71.7 cm³/mol. The summed E-state index contributed by atoms with van der Waals surface area (Å²) in [6, 6.07) is 7.11. The second kappa shape index (κ2) is 5.84. The molecule has 0 bridgehead atoms. The lowest BCUT2D eigenvalue weighted by molar-refractivity contribution is -0.125. The number of carbonyl (C=O) groups excluding carboxylic acids is 2. The minimum Gasteiger partial charge on any atom is -0.380 e. The zero-order valence-electron chi connectivity index (χ0n) is 11.2. The maximum Gasteiger partial charge on any atom is 0.249 e. The van der Waals surface area contributed by atoms with Crippen molar-refractivity contribution >= 4 is 17.5 Å². The summed E-state index contributed by atoms with van der Waals surface area (Å²) in [6.07, 6.45) is 0.317. The number of ether oxygens (including phenoxy) is 1. The summed E-state index contributed by atoms with van der Waals surface area (Å²) in [5, 5.41) is 2.68. The van der Waals surface area contributed by atoms with Gasteiger partial charge in [-0.15, -0.1) is 0 Å². The van der Waals surface area contributed by atoms with Crippen LogP contribution in [0.4, 0.5) is 5.69 Å². The Labute approximate surface area is 112 Å². The third-order valence-electron chi connectivity index (χ3n) is 3.16. The van der Waals surface area contributed by atoms with Gasteiger partial charge in [-0.3, -0.25) is 9.59 Å². The molecule has 0 spiro atoms. The number of hydrogen-bond donors (Lipinski definition) is 1. The van der Waals surface area contributed by atoms with Crippen LogP contribution in [0.3, 0.4) is 0 Å². The zero-order chi connectivity index (χ0) is 13.8. The Hall–Kier alpha value is -1.88. The molecule has 1 aliphatic rings. The lowest BCUT2D eigenvalue weighted by atomic mass is 10.1. The van der Waals surface area contributed by atoms with E-state index in [-0.39, 0.29) is 11.8 Å². The molecule has 1 aromatic carbocycles. The Bertz CT molecular complexity index is 487. The van der Waals surface area contributed by atoms with Gasteiger partial charge in [0, 0.05) is 31.3 Å². The summed E-state index contributed by atoms with van der Waals surface area (Å²) in [5.41, 5.74) is 1.76. The highest BCUT2D eigenvalue weighted by molar-refractivity contribution is 6.01. The van der Waals surface area contributed by atoms with E-state index in [4.69, 9.17) is 4.74 Å². The van der Waals surface area contributed by atoms with Crippen LogP contribution in [0.25, 0.3) is 0 Å². The monoisotopic (exact) mass is 262 g/mol. The molecule has 1 saturated heterocycles. The van der Waals surface area contributed by atoms with E-state index in [9.17, 15) is 9.59 Å². The second-order valence-corrected chi connectivity index (χ2v) is 4.59. The molecule has 5 heteroatoms. The van der Waals surface area contributed by atoms with Gasteiger partial charge in [0.15, 0.2) is 0 Å². The Kier molecular flexibility index (Phi) is 4.16. The van der Waals surface area contributed by atoms with Gasteiger partial charge in [-0.1, -0.05) is 18.2 Å². The number of methoxy groups -OCH3 is 1. The van der Waals surface area contributed by atoms with E-state index >= 15 is 0 Å². The lowest BCUT2D eigenvalue weighted by Gasteiger charge is -2.24. The number of carbonyl (C=O) groups is 2. The molecule has 2 amide bonds. The number of amides is 2. The molecule has 0 radical (unpaired) electrons. The van der Waals surface area contributed by atoms with Crippen LogP contribution in [0, 0.1) is 0 Å². The summed E-state index contributed by atoms with van der Waals surface area (Å²) >= 11 is 0. The highest BCUT2D eigenvalue weighted by atomic mass is 16.5. The highest BCUT2D eigenvalue weighted by Crippen LogP contribution is 2.23. The van der Waals surface area contributed by atoms with Gasteiger partial charge in [0.05, 0.1) is 6.61 Å². The maximum absolute atomic E-state index is 12.3. The first-order valence-corrected chi connectivity index (χ1v) is 6.31. The summed E-state index contributed by atoms with van der Waals surface area (Å²) in [7, 11) is 1.62. The third-order valence-corrected chi connectivity index (χ3v) is 3.16. The van der Waals surface area contributed by atoms with Crippen molar-refractivity contribution in [1.82, 2.24) is 5.32 Å². The summed E-state index contributed by atoms with van der Waals surface area (Å²) in [5.74, 6) is -0.179. The zero-order valence-corrected chi connectivity index (χ0v) is 11.2. The second-order valence-electron chi connectivity index (χ2n) is 4.59. The normalized spacial score (nSPS) is 20.1. The van der Waals surface area contributed by atoms with Crippen molar-refractivity contribution in [2.24, 2.45) is 0 Å². The topological polar surface area (TPSA) is 58.6 Å². The highest BCUT2D eigenvalue weighted by Gasteiger charge is 2.28.